The van der Waals surface area contributed by atoms with Gasteiger partial charge in [-0.25, -0.2) is 0 Å². The standard InChI is InChI=1S/C64H56N4/c1-3-15-41(16-4-1)42-27-29-45(30-28-42)64-65-56(44-18-5-2-6-19-44)40-57(66-64)51-34-36-60(52-22-10-9-21-50(51)52)68-58-25-13-11-23-53(58)55-38-47-37-48(33-31-46(47)39-62(55)68)67-59-26-14-12-24-54(59)63-49-20-8-7-17-43(49)32-35-61(63)67/h1-11,13-23,25-27,29,31,33,37-40,52,54,56,59-60,64-66H,12,24,28,30,32,34-36H2/p+1. The number of anilines is 1. The van der Waals surface area contributed by atoms with E-state index in [4.69, 9.17) is 0 Å². The van der Waals surface area contributed by atoms with E-state index in [0.29, 0.717) is 18.0 Å². The molecule has 0 amide bonds. The van der Waals surface area contributed by atoms with Gasteiger partial charge in [0.15, 0.2) is 6.17 Å². The third-order valence-electron chi connectivity index (χ3n) is 16.7. The molecule has 6 aromatic carbocycles. The fourth-order valence-electron chi connectivity index (χ4n) is 13.5. The lowest BCUT2D eigenvalue weighted by Gasteiger charge is -2.38. The zero-order chi connectivity index (χ0) is 44.7. The molecule has 1 aromatic heterocycles. The third-order valence-corrected chi connectivity index (χ3v) is 16.7. The van der Waals surface area contributed by atoms with Crippen LogP contribution >= 0.6 is 0 Å². The summed E-state index contributed by atoms with van der Waals surface area (Å²) in [5, 5.41) is 12.0. The van der Waals surface area contributed by atoms with E-state index in [9.17, 15) is 0 Å². The topological polar surface area (TPSA) is 36.8 Å². The summed E-state index contributed by atoms with van der Waals surface area (Å²) in [6, 6.07) is 53.5. The Kier molecular flexibility index (Phi) is 9.66. The molecule has 3 N–H and O–H groups in total. The first-order valence-corrected chi connectivity index (χ1v) is 25.4. The van der Waals surface area contributed by atoms with Crippen molar-refractivity contribution < 1.29 is 5.32 Å². The molecule has 68 heavy (non-hydrogen) atoms. The highest BCUT2D eigenvalue weighted by Crippen LogP contribution is 2.52. The molecule has 5 aliphatic carbocycles. The first-order valence-electron chi connectivity index (χ1n) is 25.4. The summed E-state index contributed by atoms with van der Waals surface area (Å²) in [7, 11) is 0. The fourth-order valence-corrected chi connectivity index (χ4v) is 13.5. The fraction of sp³-hybridized carbons (Fsp3) is 0.219. The van der Waals surface area contributed by atoms with E-state index < -0.39 is 0 Å². The zero-order valence-corrected chi connectivity index (χ0v) is 38.6. The molecule has 2 aliphatic heterocycles. The molecular weight excluding hydrogens is 825 g/mol. The minimum atomic E-state index is 0.129. The molecule has 4 nitrogen and oxygen atoms in total. The molecule has 14 rings (SSSR count). The van der Waals surface area contributed by atoms with E-state index >= 15 is 0 Å². The molecular formula is C64H57N4+. The second-order valence-electron chi connectivity index (χ2n) is 20.2. The van der Waals surface area contributed by atoms with Crippen LogP contribution in [0.5, 0.6) is 0 Å². The van der Waals surface area contributed by atoms with Gasteiger partial charge in [0.2, 0.25) is 0 Å². The number of benzene rings is 6. The van der Waals surface area contributed by atoms with Crippen molar-refractivity contribution in [1.82, 2.24) is 9.88 Å². The van der Waals surface area contributed by atoms with E-state index in [1.54, 1.807) is 11.3 Å². The number of fused-ring (bicyclic) bond motifs is 9. The van der Waals surface area contributed by atoms with Crippen molar-refractivity contribution >= 4 is 49.4 Å². The van der Waals surface area contributed by atoms with Crippen molar-refractivity contribution in [2.24, 2.45) is 11.8 Å². The Bertz CT molecular complexity index is 3440. The van der Waals surface area contributed by atoms with Gasteiger partial charge in [-0.15, -0.1) is 0 Å². The monoisotopic (exact) mass is 881 g/mol. The number of aromatic nitrogens is 1. The molecule has 332 valence electrons. The Hall–Kier alpha value is -6.98. The van der Waals surface area contributed by atoms with E-state index in [-0.39, 0.29) is 18.1 Å². The summed E-state index contributed by atoms with van der Waals surface area (Å²) in [5.74, 6) is 0.806. The van der Waals surface area contributed by atoms with Crippen LogP contribution in [0.2, 0.25) is 0 Å². The number of aryl methyl sites for hydroxylation is 1. The molecule has 0 fully saturated rings. The number of quaternary nitrogens is 1. The predicted molar refractivity (Wildman–Crippen MR) is 282 cm³/mol. The summed E-state index contributed by atoms with van der Waals surface area (Å²) < 4.78 is 2.73. The minimum absolute atomic E-state index is 0.129. The summed E-state index contributed by atoms with van der Waals surface area (Å²) in [6.45, 7) is 0. The molecule has 4 heteroatoms. The average molecular weight is 882 g/mol. The van der Waals surface area contributed by atoms with Crippen LogP contribution < -0.4 is 15.5 Å². The lowest BCUT2D eigenvalue weighted by atomic mass is 9.75. The zero-order valence-electron chi connectivity index (χ0n) is 38.6. The van der Waals surface area contributed by atoms with Gasteiger partial charge in [-0.1, -0.05) is 158 Å². The molecule has 0 spiro atoms. The smallest absolute Gasteiger partial charge is 0.167 e. The van der Waals surface area contributed by atoms with E-state index in [1.165, 1.54) is 94.9 Å². The number of nitrogens with zero attached hydrogens (tertiary/aromatic N) is 2. The van der Waals surface area contributed by atoms with Crippen LogP contribution in [-0.2, 0) is 6.42 Å². The van der Waals surface area contributed by atoms with Gasteiger partial charge in [0, 0.05) is 56.7 Å². The van der Waals surface area contributed by atoms with Crippen molar-refractivity contribution in [1.29, 1.82) is 0 Å². The largest absolute Gasteiger partial charge is 0.337 e. The minimum Gasteiger partial charge on any atom is -0.337 e. The normalized spacial score (nSPS) is 25.3. The number of hydrogen-bond acceptors (Lipinski definition) is 2. The van der Waals surface area contributed by atoms with Crippen LogP contribution in [0, 0.1) is 11.8 Å². The maximum Gasteiger partial charge on any atom is 0.167 e. The molecule has 7 aliphatic rings. The van der Waals surface area contributed by atoms with Gasteiger partial charge in [0.1, 0.15) is 5.70 Å². The first-order chi connectivity index (χ1) is 33.7. The number of para-hydroxylation sites is 1. The Morgan fingerprint density at radius 2 is 1.50 bits per heavy atom. The van der Waals surface area contributed by atoms with Crippen LogP contribution in [0.15, 0.2) is 222 Å². The quantitative estimate of drug-likeness (QED) is 0.163. The summed E-state index contributed by atoms with van der Waals surface area (Å²) >= 11 is 0. The van der Waals surface area contributed by atoms with Crippen LogP contribution in [-0.4, -0.2) is 16.8 Å². The molecule has 0 bridgehead atoms. The molecule has 3 heterocycles. The van der Waals surface area contributed by atoms with E-state index in [1.807, 2.05) is 0 Å². The Labute approximate surface area is 399 Å². The Morgan fingerprint density at radius 1 is 0.647 bits per heavy atom. The summed E-state index contributed by atoms with van der Waals surface area (Å²) in [6.07, 6.45) is 30.7. The van der Waals surface area contributed by atoms with Crippen LogP contribution in [0.4, 0.5) is 5.69 Å². The van der Waals surface area contributed by atoms with Crippen LogP contribution in [0.3, 0.4) is 0 Å². The number of rotatable bonds is 6. The second-order valence-corrected chi connectivity index (χ2v) is 20.2. The van der Waals surface area contributed by atoms with Crippen molar-refractivity contribution in [3.8, 4) is 0 Å². The highest BCUT2D eigenvalue weighted by Gasteiger charge is 2.43. The van der Waals surface area contributed by atoms with Gasteiger partial charge >= 0.3 is 0 Å². The van der Waals surface area contributed by atoms with Gasteiger partial charge in [-0.3, -0.25) is 10.6 Å². The maximum atomic E-state index is 4.07. The number of nitrogens with one attached hydrogen (secondary N) is 1. The van der Waals surface area contributed by atoms with Crippen molar-refractivity contribution in [2.75, 3.05) is 4.90 Å². The van der Waals surface area contributed by atoms with Crippen LogP contribution in [0.25, 0.3) is 43.7 Å². The molecule has 0 saturated heterocycles. The van der Waals surface area contributed by atoms with Crippen molar-refractivity contribution in [2.45, 2.75) is 75.7 Å². The van der Waals surface area contributed by atoms with Gasteiger partial charge in [-0.2, -0.15) is 0 Å². The average Bonchev–Trinajstić information content (AvgIpc) is 3.92. The molecule has 0 saturated carbocycles. The van der Waals surface area contributed by atoms with Gasteiger partial charge in [0.05, 0.1) is 17.6 Å². The Balaban J connectivity index is 0.838. The Morgan fingerprint density at radius 3 is 2.40 bits per heavy atom. The van der Waals surface area contributed by atoms with Crippen molar-refractivity contribution in [3.05, 3.63) is 245 Å². The third kappa shape index (κ3) is 6.56. The SMILES string of the molecule is C1=CC2=C(C3=CC(c4ccccc4)NC(C4=CC=C(c5ccccc5)CC4)[NH2+]3)CCC(n3c4ccccc4c4cc5cc(N6C7=C(c8ccccc8CC7)C7CCC=CC76)ccc5cc43)C2C=C1. The molecule has 7 aromatic rings. The first kappa shape index (κ1) is 40.1. The van der Waals surface area contributed by atoms with Gasteiger partial charge in [-0.05, 0) is 138 Å². The summed E-state index contributed by atoms with van der Waals surface area (Å²) in [4.78, 5) is 2.72. The lowest BCUT2D eigenvalue weighted by Crippen LogP contribution is -2.94. The van der Waals surface area contributed by atoms with E-state index in [0.717, 1.165) is 44.9 Å². The predicted octanol–water partition coefficient (Wildman–Crippen LogP) is 13.8. The second kappa shape index (κ2) is 16.4. The van der Waals surface area contributed by atoms with Gasteiger partial charge in [0.25, 0.3) is 0 Å². The number of nitrogens with two attached hydrogens (primary N) is 1. The van der Waals surface area contributed by atoms with E-state index in [2.05, 4.69) is 214 Å². The molecule has 6 atom stereocenters. The lowest BCUT2D eigenvalue weighted by molar-refractivity contribution is -0.643. The molecule has 0 radical (unpaired) electrons. The summed E-state index contributed by atoms with van der Waals surface area (Å²) in [5.41, 5.74) is 20.1. The van der Waals surface area contributed by atoms with Crippen molar-refractivity contribution in [3.63, 3.8) is 0 Å². The van der Waals surface area contributed by atoms with Crippen LogP contribution in [0.1, 0.15) is 79.3 Å². The van der Waals surface area contributed by atoms with Gasteiger partial charge < -0.3 is 9.47 Å². The molecule has 6 unspecified atom stereocenters. The highest BCUT2D eigenvalue weighted by molar-refractivity contribution is 6.13. The number of hydrogen-bond donors (Lipinski definition) is 2. The maximum absolute atomic E-state index is 4.07. The number of allylic oxidation sites excluding steroid dienone is 11. The highest BCUT2D eigenvalue weighted by atomic mass is 15.2.